The second-order valence-electron chi connectivity index (χ2n) is 10.6. The summed E-state index contributed by atoms with van der Waals surface area (Å²) in [6.45, 7) is 11.5. The number of rotatable bonds is 6. The van der Waals surface area contributed by atoms with E-state index in [0.29, 0.717) is 12.0 Å². The quantitative estimate of drug-likeness (QED) is 0.321. The monoisotopic (exact) mass is 485 g/mol. The number of aryl methyl sites for hydroxylation is 1. The molecule has 2 aromatic heterocycles. The number of aromatic nitrogens is 2. The zero-order chi connectivity index (χ0) is 24.4. The van der Waals surface area contributed by atoms with Crippen molar-refractivity contribution < 1.29 is 0 Å². The summed E-state index contributed by atoms with van der Waals surface area (Å²) in [6, 6.07) is 22.2. The van der Waals surface area contributed by atoms with Crippen molar-refractivity contribution in [2.24, 2.45) is 0 Å². The molecule has 0 saturated carbocycles. The fourth-order valence-electron chi connectivity index (χ4n) is 4.53. The number of hydrogen-bond acceptors (Lipinski definition) is 6. The molecule has 0 atom stereocenters. The van der Waals surface area contributed by atoms with Gasteiger partial charge in [-0.2, -0.15) is 4.98 Å². The molecular weight excluding hydrogens is 450 g/mol. The first kappa shape index (κ1) is 23.8. The molecule has 5 nitrogen and oxygen atoms in total. The minimum Gasteiger partial charge on any atom is -0.355 e. The number of piperidine rings is 1. The largest absolute Gasteiger partial charge is 0.355 e. The average molecular weight is 486 g/mol. The lowest BCUT2D eigenvalue weighted by Crippen LogP contribution is -2.42. The number of nitrogens with zero attached hydrogens (tertiary/aromatic N) is 3. The third-order valence-corrected chi connectivity index (χ3v) is 7.58. The number of benzene rings is 2. The maximum Gasteiger partial charge on any atom is 0.225 e. The topological polar surface area (TPSA) is 53.1 Å². The number of hydrogen-bond donors (Lipinski definition) is 2. The van der Waals surface area contributed by atoms with Crippen molar-refractivity contribution in [3.8, 4) is 10.4 Å². The first-order valence-electron chi connectivity index (χ1n) is 12.5. The lowest BCUT2D eigenvalue weighted by Gasteiger charge is -2.34. The summed E-state index contributed by atoms with van der Waals surface area (Å²) in [5, 5.41) is 7.25. The van der Waals surface area contributed by atoms with E-state index in [2.05, 4.69) is 104 Å². The van der Waals surface area contributed by atoms with Crippen LogP contribution in [-0.4, -0.2) is 34.6 Å². The van der Waals surface area contributed by atoms with Crippen LogP contribution in [0.4, 0.5) is 11.8 Å². The van der Waals surface area contributed by atoms with Gasteiger partial charge in [-0.1, -0.05) is 60.2 Å². The van der Waals surface area contributed by atoms with Crippen molar-refractivity contribution in [1.82, 2.24) is 15.3 Å². The number of thiophene rings is 1. The van der Waals surface area contributed by atoms with Gasteiger partial charge in [-0.15, -0.1) is 11.3 Å². The van der Waals surface area contributed by atoms with E-state index in [1.165, 1.54) is 26.3 Å². The van der Waals surface area contributed by atoms with Crippen LogP contribution in [0.3, 0.4) is 0 Å². The van der Waals surface area contributed by atoms with E-state index in [1.807, 2.05) is 0 Å². The smallest absolute Gasteiger partial charge is 0.225 e. The van der Waals surface area contributed by atoms with Gasteiger partial charge in [0.2, 0.25) is 5.95 Å². The number of nitrogens with one attached hydrogen (secondary N) is 2. The molecule has 1 saturated heterocycles. The van der Waals surface area contributed by atoms with Gasteiger partial charge in [0.1, 0.15) is 0 Å². The predicted molar refractivity (Wildman–Crippen MR) is 149 cm³/mol. The van der Waals surface area contributed by atoms with E-state index in [0.717, 1.165) is 43.8 Å². The molecule has 0 radical (unpaired) electrons. The number of anilines is 2. The van der Waals surface area contributed by atoms with Crippen LogP contribution in [0.25, 0.3) is 20.7 Å². The highest BCUT2D eigenvalue weighted by Gasteiger charge is 2.24. The first-order chi connectivity index (χ1) is 16.8. The van der Waals surface area contributed by atoms with E-state index in [1.54, 1.807) is 11.3 Å². The molecule has 0 amide bonds. The lowest BCUT2D eigenvalue weighted by atomic mass is 10.0. The summed E-state index contributed by atoms with van der Waals surface area (Å²) in [5.41, 5.74) is 4.77. The standard InChI is InChI=1S/C29H35N5S/c1-20-10-12-22(13-11-20)25-18-24-26(35-25)27(32-28(31-24)33-29(2,3)4)34-16-14-23(15-17-34)30-19-21-8-6-5-7-9-21/h5-13,18,23,30H,14-17,19H2,1-4H3,(H,31,32,33). The zero-order valence-corrected chi connectivity index (χ0v) is 22.0. The van der Waals surface area contributed by atoms with Gasteiger partial charge in [-0.3, -0.25) is 0 Å². The van der Waals surface area contributed by atoms with Crippen LogP contribution in [-0.2, 0) is 6.54 Å². The highest BCUT2D eigenvalue weighted by molar-refractivity contribution is 7.22. The van der Waals surface area contributed by atoms with Crippen molar-refractivity contribution in [3.05, 3.63) is 71.8 Å². The first-order valence-corrected chi connectivity index (χ1v) is 13.3. The van der Waals surface area contributed by atoms with Gasteiger partial charge in [-0.05, 0) is 57.7 Å². The maximum absolute atomic E-state index is 5.04. The lowest BCUT2D eigenvalue weighted by molar-refractivity contribution is 0.413. The summed E-state index contributed by atoms with van der Waals surface area (Å²) in [6.07, 6.45) is 2.22. The van der Waals surface area contributed by atoms with Gasteiger partial charge in [0.25, 0.3) is 0 Å². The van der Waals surface area contributed by atoms with Crippen molar-refractivity contribution >= 4 is 33.3 Å². The molecule has 2 aromatic carbocycles. The molecule has 6 heteroatoms. The summed E-state index contributed by atoms with van der Waals surface area (Å²) in [7, 11) is 0. The van der Waals surface area contributed by atoms with Crippen LogP contribution in [0.5, 0.6) is 0 Å². The Labute approximate surface area is 212 Å². The predicted octanol–water partition coefficient (Wildman–Crippen LogP) is 6.64. The van der Waals surface area contributed by atoms with Crippen molar-refractivity contribution in [3.63, 3.8) is 0 Å². The van der Waals surface area contributed by atoms with Gasteiger partial charge >= 0.3 is 0 Å². The molecule has 35 heavy (non-hydrogen) atoms. The minimum absolute atomic E-state index is 0.102. The summed E-state index contributed by atoms with van der Waals surface area (Å²) in [5.74, 6) is 1.77. The summed E-state index contributed by atoms with van der Waals surface area (Å²) in [4.78, 5) is 13.6. The van der Waals surface area contributed by atoms with Crippen LogP contribution in [0.2, 0.25) is 0 Å². The molecule has 0 unspecified atom stereocenters. The second kappa shape index (κ2) is 9.96. The van der Waals surface area contributed by atoms with Crippen LogP contribution in [0.1, 0.15) is 44.7 Å². The van der Waals surface area contributed by atoms with Crippen molar-refractivity contribution in [1.29, 1.82) is 0 Å². The fourth-order valence-corrected chi connectivity index (χ4v) is 5.65. The van der Waals surface area contributed by atoms with Gasteiger partial charge in [0, 0.05) is 36.1 Å². The maximum atomic E-state index is 5.04. The highest BCUT2D eigenvalue weighted by atomic mass is 32.1. The molecule has 1 aliphatic rings. The summed E-state index contributed by atoms with van der Waals surface area (Å²) < 4.78 is 1.18. The van der Waals surface area contributed by atoms with E-state index in [4.69, 9.17) is 9.97 Å². The molecule has 4 aromatic rings. The van der Waals surface area contributed by atoms with Crippen molar-refractivity contribution in [2.75, 3.05) is 23.3 Å². The third kappa shape index (κ3) is 5.82. The van der Waals surface area contributed by atoms with E-state index in [9.17, 15) is 0 Å². The molecule has 0 bridgehead atoms. The molecule has 3 heterocycles. The summed E-state index contributed by atoms with van der Waals surface area (Å²) >= 11 is 1.80. The third-order valence-electron chi connectivity index (χ3n) is 6.41. The Morgan fingerprint density at radius 3 is 2.37 bits per heavy atom. The highest BCUT2D eigenvalue weighted by Crippen LogP contribution is 2.39. The van der Waals surface area contributed by atoms with E-state index in [-0.39, 0.29) is 5.54 Å². The zero-order valence-electron chi connectivity index (χ0n) is 21.1. The Hall–Kier alpha value is -2.96. The average Bonchev–Trinajstić information content (AvgIpc) is 3.27. The molecule has 0 aliphatic carbocycles. The van der Waals surface area contributed by atoms with Gasteiger partial charge in [0.05, 0.1) is 10.2 Å². The normalized spacial score (nSPS) is 15.0. The van der Waals surface area contributed by atoms with Gasteiger partial charge < -0.3 is 15.5 Å². The van der Waals surface area contributed by atoms with Gasteiger partial charge in [-0.25, -0.2) is 4.98 Å². The molecule has 1 fully saturated rings. The molecular formula is C29H35N5S. The van der Waals surface area contributed by atoms with Crippen molar-refractivity contribution in [2.45, 2.75) is 58.7 Å². The Bertz CT molecular complexity index is 1270. The van der Waals surface area contributed by atoms with Crippen LogP contribution in [0, 0.1) is 6.92 Å². The number of fused-ring (bicyclic) bond motifs is 1. The second-order valence-corrected chi connectivity index (χ2v) is 11.6. The molecule has 5 rings (SSSR count). The Morgan fingerprint density at radius 2 is 1.69 bits per heavy atom. The molecule has 2 N–H and O–H groups in total. The van der Waals surface area contributed by atoms with Crippen LogP contribution >= 0.6 is 11.3 Å². The Kier molecular flexibility index (Phi) is 6.76. The van der Waals surface area contributed by atoms with Crippen LogP contribution < -0.4 is 15.5 Å². The Balaban J connectivity index is 1.39. The van der Waals surface area contributed by atoms with E-state index >= 15 is 0 Å². The molecule has 1 aliphatic heterocycles. The van der Waals surface area contributed by atoms with Gasteiger partial charge in [0.15, 0.2) is 5.82 Å². The molecule has 0 spiro atoms. The van der Waals surface area contributed by atoms with Crippen LogP contribution in [0.15, 0.2) is 60.7 Å². The molecule has 182 valence electrons. The SMILES string of the molecule is Cc1ccc(-c2cc3nc(NC(C)(C)C)nc(N4CCC(NCc5ccccc5)CC4)c3s2)cc1. The Morgan fingerprint density at radius 1 is 0.971 bits per heavy atom. The fraction of sp³-hybridized carbons (Fsp3) is 0.379. The minimum atomic E-state index is -0.102. The van der Waals surface area contributed by atoms with E-state index < -0.39 is 0 Å².